The van der Waals surface area contributed by atoms with Crippen LogP contribution >= 0.6 is 12.4 Å². The van der Waals surface area contributed by atoms with Crippen molar-refractivity contribution in [3.05, 3.63) is 23.8 Å². The lowest BCUT2D eigenvalue weighted by Crippen LogP contribution is -2.27. The Morgan fingerprint density at radius 3 is 2.35 bits per heavy atom. The molecule has 0 amide bonds. The van der Waals surface area contributed by atoms with Crippen LogP contribution in [0.5, 0.6) is 11.5 Å². The van der Waals surface area contributed by atoms with Crippen molar-refractivity contribution >= 4 is 12.4 Å². The molecule has 1 aliphatic heterocycles. The second-order valence-electron chi connectivity index (χ2n) is 7.09. The molecule has 0 atom stereocenters. The van der Waals surface area contributed by atoms with E-state index in [2.05, 4.69) is 10.1 Å². The number of hydrogen-bond acceptors (Lipinski definition) is 3. The zero-order valence-electron chi connectivity index (χ0n) is 14.8. The first-order valence-electron chi connectivity index (χ1n) is 9.24. The van der Waals surface area contributed by atoms with Crippen molar-refractivity contribution in [3.63, 3.8) is 0 Å². The van der Waals surface area contributed by atoms with Crippen LogP contribution in [0.1, 0.15) is 56.4 Å². The van der Waals surface area contributed by atoms with E-state index < -0.39 is 6.36 Å². The molecule has 26 heavy (non-hydrogen) atoms. The maximum absolute atomic E-state index is 12.5. The van der Waals surface area contributed by atoms with Crippen LogP contribution in [0.2, 0.25) is 0 Å². The maximum Gasteiger partial charge on any atom is 0.573 e. The smallest absolute Gasteiger partial charge is 0.493 e. The molecule has 2 aliphatic rings. The average molecular weight is 394 g/mol. The summed E-state index contributed by atoms with van der Waals surface area (Å²) in [7, 11) is 0. The Kier molecular flexibility index (Phi) is 7.89. The third-order valence-corrected chi connectivity index (χ3v) is 5.20. The Bertz CT molecular complexity index is 556. The summed E-state index contributed by atoms with van der Waals surface area (Å²) in [6.45, 7) is 2.43. The van der Waals surface area contributed by atoms with E-state index in [0.29, 0.717) is 24.2 Å². The van der Waals surface area contributed by atoms with Crippen LogP contribution in [0.4, 0.5) is 13.2 Å². The van der Waals surface area contributed by atoms with E-state index in [0.717, 1.165) is 44.3 Å². The van der Waals surface area contributed by atoms with Crippen molar-refractivity contribution in [2.24, 2.45) is 5.92 Å². The van der Waals surface area contributed by atoms with Crippen molar-refractivity contribution in [1.82, 2.24) is 5.32 Å². The molecule has 1 aromatic carbocycles. The van der Waals surface area contributed by atoms with Gasteiger partial charge < -0.3 is 14.8 Å². The highest BCUT2D eigenvalue weighted by Crippen LogP contribution is 2.37. The van der Waals surface area contributed by atoms with Crippen LogP contribution in [0.3, 0.4) is 0 Å². The Balaban J connectivity index is 0.00000243. The summed E-state index contributed by atoms with van der Waals surface area (Å²) in [6, 6.07) is 4.55. The second kappa shape index (κ2) is 9.70. The number of halogens is 4. The monoisotopic (exact) mass is 393 g/mol. The molecule has 7 heteroatoms. The molecular formula is C19H27ClF3NO2. The fourth-order valence-corrected chi connectivity index (χ4v) is 3.87. The zero-order valence-corrected chi connectivity index (χ0v) is 15.6. The predicted molar refractivity (Wildman–Crippen MR) is 97.3 cm³/mol. The normalized spacial score (nSPS) is 19.7. The minimum Gasteiger partial charge on any atom is -0.493 e. The average Bonchev–Trinajstić information content (AvgIpc) is 2.60. The number of benzene rings is 1. The molecule has 148 valence electrons. The van der Waals surface area contributed by atoms with Gasteiger partial charge in [-0.1, -0.05) is 25.3 Å². The molecule has 0 spiro atoms. The van der Waals surface area contributed by atoms with Gasteiger partial charge >= 0.3 is 6.36 Å². The zero-order chi connectivity index (χ0) is 17.7. The van der Waals surface area contributed by atoms with Gasteiger partial charge in [-0.25, -0.2) is 0 Å². The molecule has 1 aliphatic carbocycles. The first kappa shape index (κ1) is 21.2. The fourth-order valence-electron chi connectivity index (χ4n) is 3.87. The SMILES string of the molecule is Cl.FC(F)(F)Oc1ccc(C2CCNCC2)c(OCC2CCCCC2)c1. The molecule has 3 rings (SSSR count). The van der Waals surface area contributed by atoms with Crippen molar-refractivity contribution < 1.29 is 22.6 Å². The van der Waals surface area contributed by atoms with Crippen molar-refractivity contribution in [2.75, 3.05) is 19.7 Å². The van der Waals surface area contributed by atoms with Crippen LogP contribution in [0.25, 0.3) is 0 Å². The van der Waals surface area contributed by atoms with E-state index in [-0.39, 0.29) is 18.2 Å². The minimum atomic E-state index is -4.68. The highest BCUT2D eigenvalue weighted by atomic mass is 35.5. The summed E-state index contributed by atoms with van der Waals surface area (Å²) >= 11 is 0. The predicted octanol–water partition coefficient (Wildman–Crippen LogP) is 5.43. The molecule has 2 fully saturated rings. The molecule has 1 saturated carbocycles. The number of alkyl halides is 3. The number of rotatable bonds is 5. The third kappa shape index (κ3) is 6.23. The molecule has 0 aromatic heterocycles. The summed E-state index contributed by atoms with van der Waals surface area (Å²) in [4.78, 5) is 0. The van der Waals surface area contributed by atoms with Crippen LogP contribution < -0.4 is 14.8 Å². The van der Waals surface area contributed by atoms with E-state index in [9.17, 15) is 13.2 Å². The number of piperidine rings is 1. The van der Waals surface area contributed by atoms with Gasteiger partial charge in [0.1, 0.15) is 11.5 Å². The Hall–Kier alpha value is -1.14. The van der Waals surface area contributed by atoms with Crippen LogP contribution in [-0.2, 0) is 0 Å². The molecule has 1 aromatic rings. The summed E-state index contributed by atoms with van der Waals surface area (Å²) in [6.07, 6.45) is 3.24. The van der Waals surface area contributed by atoms with E-state index in [1.165, 1.54) is 31.4 Å². The highest BCUT2D eigenvalue weighted by molar-refractivity contribution is 5.85. The van der Waals surface area contributed by atoms with Crippen LogP contribution in [0, 0.1) is 5.92 Å². The molecule has 0 bridgehead atoms. The number of ether oxygens (including phenoxy) is 2. The summed E-state index contributed by atoms with van der Waals surface area (Å²) in [5, 5.41) is 3.32. The van der Waals surface area contributed by atoms with Crippen molar-refractivity contribution in [2.45, 2.75) is 57.2 Å². The standard InChI is InChI=1S/C19H26F3NO2.ClH/c20-19(21,22)25-16-6-7-17(15-8-10-23-11-9-15)18(12-16)24-13-14-4-2-1-3-5-14;/h6-7,12,14-15,23H,1-5,8-11,13H2;1H. The molecule has 3 nitrogen and oxygen atoms in total. The molecule has 1 saturated heterocycles. The lowest BCUT2D eigenvalue weighted by molar-refractivity contribution is -0.274. The molecular weight excluding hydrogens is 367 g/mol. The van der Waals surface area contributed by atoms with Gasteiger partial charge in [-0.3, -0.25) is 0 Å². The van der Waals surface area contributed by atoms with Gasteiger partial charge in [0.15, 0.2) is 0 Å². The van der Waals surface area contributed by atoms with Gasteiger partial charge in [0, 0.05) is 6.07 Å². The summed E-state index contributed by atoms with van der Waals surface area (Å²) in [5.74, 6) is 1.17. The topological polar surface area (TPSA) is 30.5 Å². The first-order valence-corrected chi connectivity index (χ1v) is 9.24. The van der Waals surface area contributed by atoms with E-state index >= 15 is 0 Å². The number of nitrogens with one attached hydrogen (secondary N) is 1. The van der Waals surface area contributed by atoms with Crippen LogP contribution in [-0.4, -0.2) is 26.1 Å². The Morgan fingerprint density at radius 1 is 1.00 bits per heavy atom. The first-order chi connectivity index (χ1) is 12.0. The highest BCUT2D eigenvalue weighted by Gasteiger charge is 2.32. The van der Waals surface area contributed by atoms with Gasteiger partial charge in [0.25, 0.3) is 0 Å². The molecule has 1 N–H and O–H groups in total. The second-order valence-corrected chi connectivity index (χ2v) is 7.09. The fraction of sp³-hybridized carbons (Fsp3) is 0.684. The van der Waals surface area contributed by atoms with E-state index in [4.69, 9.17) is 4.74 Å². The lowest BCUT2D eigenvalue weighted by Gasteiger charge is -2.27. The molecule has 0 radical (unpaired) electrons. The van der Waals surface area contributed by atoms with E-state index in [1.54, 1.807) is 6.07 Å². The van der Waals surface area contributed by atoms with Crippen LogP contribution in [0.15, 0.2) is 18.2 Å². The van der Waals surface area contributed by atoms with Gasteiger partial charge in [-0.2, -0.15) is 0 Å². The van der Waals surface area contributed by atoms with Gasteiger partial charge in [0.05, 0.1) is 6.61 Å². The lowest BCUT2D eigenvalue weighted by atomic mass is 9.89. The molecule has 1 heterocycles. The van der Waals surface area contributed by atoms with Gasteiger partial charge in [0.2, 0.25) is 0 Å². The summed E-state index contributed by atoms with van der Waals surface area (Å²) < 4.78 is 47.7. The van der Waals surface area contributed by atoms with Gasteiger partial charge in [-0.05, 0) is 62.2 Å². The largest absolute Gasteiger partial charge is 0.573 e. The van der Waals surface area contributed by atoms with Crippen molar-refractivity contribution in [1.29, 1.82) is 0 Å². The maximum atomic E-state index is 12.5. The Labute approximate surface area is 159 Å². The third-order valence-electron chi connectivity index (χ3n) is 5.20. The van der Waals surface area contributed by atoms with Crippen molar-refractivity contribution in [3.8, 4) is 11.5 Å². The number of hydrogen-bond donors (Lipinski definition) is 1. The quantitative estimate of drug-likeness (QED) is 0.723. The van der Waals surface area contributed by atoms with Gasteiger partial charge in [-0.15, -0.1) is 25.6 Å². The molecule has 0 unspecified atom stereocenters. The van der Waals surface area contributed by atoms with E-state index in [1.807, 2.05) is 0 Å². The minimum absolute atomic E-state index is 0. The summed E-state index contributed by atoms with van der Waals surface area (Å²) in [5.41, 5.74) is 1.01. The Morgan fingerprint density at radius 2 is 1.69 bits per heavy atom.